The van der Waals surface area contributed by atoms with E-state index in [1.807, 2.05) is 39.0 Å². The van der Waals surface area contributed by atoms with Crippen LogP contribution in [0.2, 0.25) is 0 Å². The third kappa shape index (κ3) is 3.08. The minimum Gasteiger partial charge on any atom is -0.591 e. The van der Waals surface area contributed by atoms with Gasteiger partial charge in [0.05, 0.1) is 6.61 Å². The Balaban J connectivity index is 2.38. The standard InChI is InChI=1S/C13H16BrNO2S/c1-13(2,3)18(16)15-11-6-7-17-12-5-4-9(14)8-10(11)12/h4-5,8H,6-7H2,1-3H3. The van der Waals surface area contributed by atoms with Crippen molar-refractivity contribution < 1.29 is 9.29 Å². The fourth-order valence-corrected chi connectivity index (χ4v) is 2.60. The lowest BCUT2D eigenvalue weighted by Crippen LogP contribution is -2.28. The lowest BCUT2D eigenvalue weighted by Gasteiger charge is -2.22. The van der Waals surface area contributed by atoms with Gasteiger partial charge in [-0.3, -0.25) is 0 Å². The number of halogens is 1. The molecule has 5 heteroatoms. The molecular formula is C13H16BrNO2S. The average Bonchev–Trinajstić information content (AvgIpc) is 2.28. The van der Waals surface area contributed by atoms with Gasteiger partial charge in [0.1, 0.15) is 27.6 Å². The highest BCUT2D eigenvalue weighted by atomic mass is 79.9. The van der Waals surface area contributed by atoms with Crippen LogP contribution in [0.3, 0.4) is 0 Å². The normalized spacial score (nSPS) is 19.3. The summed E-state index contributed by atoms with van der Waals surface area (Å²) in [6.07, 6.45) is 0.700. The molecule has 1 heterocycles. The Bertz CT molecular complexity index is 482. The van der Waals surface area contributed by atoms with Crippen molar-refractivity contribution in [2.75, 3.05) is 6.61 Å². The van der Waals surface area contributed by atoms with Gasteiger partial charge in [0.15, 0.2) is 0 Å². The molecule has 0 bridgehead atoms. The molecule has 1 unspecified atom stereocenters. The minimum absolute atomic E-state index is 0.336. The maximum absolute atomic E-state index is 12.1. The van der Waals surface area contributed by atoms with E-state index in [0.717, 1.165) is 21.5 Å². The highest BCUT2D eigenvalue weighted by Crippen LogP contribution is 2.29. The highest BCUT2D eigenvalue weighted by molar-refractivity contribution is 9.10. The van der Waals surface area contributed by atoms with Gasteiger partial charge in [-0.1, -0.05) is 20.3 Å². The Labute approximate surface area is 119 Å². The van der Waals surface area contributed by atoms with E-state index in [9.17, 15) is 4.55 Å². The van der Waals surface area contributed by atoms with Crippen molar-refractivity contribution in [3.8, 4) is 5.75 Å². The van der Waals surface area contributed by atoms with Crippen LogP contribution < -0.4 is 4.74 Å². The first-order chi connectivity index (χ1) is 8.38. The van der Waals surface area contributed by atoms with E-state index in [2.05, 4.69) is 20.3 Å². The Morgan fingerprint density at radius 1 is 1.39 bits per heavy atom. The minimum atomic E-state index is -1.23. The first kappa shape index (κ1) is 13.9. The van der Waals surface area contributed by atoms with Crippen LogP contribution in [-0.4, -0.2) is 21.6 Å². The monoisotopic (exact) mass is 329 g/mol. The van der Waals surface area contributed by atoms with Crippen LogP contribution in [0.25, 0.3) is 0 Å². The second kappa shape index (κ2) is 5.23. The van der Waals surface area contributed by atoms with Crippen LogP contribution >= 0.6 is 15.9 Å². The topological polar surface area (TPSA) is 44.7 Å². The first-order valence-electron chi connectivity index (χ1n) is 5.80. The van der Waals surface area contributed by atoms with Crippen LogP contribution in [0.5, 0.6) is 5.75 Å². The summed E-state index contributed by atoms with van der Waals surface area (Å²) < 4.78 is 22.7. The Morgan fingerprint density at radius 2 is 2.11 bits per heavy atom. The molecule has 0 fully saturated rings. The molecule has 98 valence electrons. The molecule has 0 aromatic heterocycles. The van der Waals surface area contributed by atoms with Gasteiger partial charge in [0.25, 0.3) is 0 Å². The number of benzene rings is 1. The average molecular weight is 330 g/mol. The third-order valence-corrected chi connectivity index (χ3v) is 4.49. The van der Waals surface area contributed by atoms with Gasteiger partial charge >= 0.3 is 0 Å². The van der Waals surface area contributed by atoms with E-state index in [-0.39, 0.29) is 4.75 Å². The molecule has 0 aliphatic carbocycles. The zero-order valence-electron chi connectivity index (χ0n) is 10.7. The fourth-order valence-electron chi connectivity index (χ4n) is 1.58. The summed E-state index contributed by atoms with van der Waals surface area (Å²) in [5, 5.41) is 0. The summed E-state index contributed by atoms with van der Waals surface area (Å²) in [5.74, 6) is 0.814. The maximum Gasteiger partial charge on any atom is 0.144 e. The Kier molecular flexibility index (Phi) is 4.04. The second-order valence-electron chi connectivity index (χ2n) is 5.14. The van der Waals surface area contributed by atoms with Crippen molar-refractivity contribution in [2.45, 2.75) is 31.9 Å². The van der Waals surface area contributed by atoms with Crippen molar-refractivity contribution in [3.63, 3.8) is 0 Å². The molecule has 1 atom stereocenters. The molecule has 2 rings (SSSR count). The molecule has 3 nitrogen and oxygen atoms in total. The van der Waals surface area contributed by atoms with E-state index < -0.39 is 11.4 Å². The van der Waals surface area contributed by atoms with E-state index in [0.29, 0.717) is 13.0 Å². The molecule has 0 amide bonds. The Hall–Kier alpha value is -0.520. The van der Waals surface area contributed by atoms with E-state index in [1.165, 1.54) is 0 Å². The van der Waals surface area contributed by atoms with Crippen molar-refractivity contribution in [2.24, 2.45) is 4.40 Å². The van der Waals surface area contributed by atoms with E-state index in [4.69, 9.17) is 4.74 Å². The molecular weight excluding hydrogens is 314 g/mol. The van der Waals surface area contributed by atoms with Crippen molar-refractivity contribution in [1.82, 2.24) is 0 Å². The van der Waals surface area contributed by atoms with Gasteiger partial charge in [-0.2, -0.15) is 0 Å². The predicted molar refractivity (Wildman–Crippen MR) is 78.7 cm³/mol. The van der Waals surface area contributed by atoms with Crippen molar-refractivity contribution in [3.05, 3.63) is 28.2 Å². The molecule has 1 aromatic carbocycles. The molecule has 0 radical (unpaired) electrons. The van der Waals surface area contributed by atoms with Crippen LogP contribution in [0.1, 0.15) is 32.8 Å². The van der Waals surface area contributed by atoms with Crippen molar-refractivity contribution in [1.29, 1.82) is 0 Å². The summed E-state index contributed by atoms with van der Waals surface area (Å²) in [6.45, 7) is 6.37. The van der Waals surface area contributed by atoms with Crippen molar-refractivity contribution >= 4 is 33.0 Å². The molecule has 0 spiro atoms. The molecule has 0 saturated carbocycles. The summed E-state index contributed by atoms with van der Waals surface area (Å²) in [7, 11) is 0. The molecule has 1 aliphatic heterocycles. The quantitative estimate of drug-likeness (QED) is 0.740. The number of hydrogen-bond donors (Lipinski definition) is 0. The number of nitrogens with zero attached hydrogens (tertiary/aromatic N) is 1. The molecule has 1 aromatic rings. The summed E-state index contributed by atoms with van der Waals surface area (Å²) in [6, 6.07) is 5.81. The molecule has 0 N–H and O–H groups in total. The van der Waals surface area contributed by atoms with Gasteiger partial charge in [-0.15, -0.1) is 0 Å². The SMILES string of the molecule is CC(C)(C)[S+]([O-])N=C1CCOc2ccc(Br)cc21. The molecule has 0 saturated heterocycles. The fraction of sp³-hybridized carbons (Fsp3) is 0.462. The summed E-state index contributed by atoms with van der Waals surface area (Å²) >= 11 is 2.21. The van der Waals surface area contributed by atoms with Crippen LogP contribution in [0, 0.1) is 0 Å². The zero-order chi connectivity index (χ0) is 13.3. The van der Waals surface area contributed by atoms with Crippen LogP contribution in [0.15, 0.2) is 27.1 Å². The maximum atomic E-state index is 12.1. The Morgan fingerprint density at radius 3 is 2.78 bits per heavy atom. The number of rotatable bonds is 1. The molecule has 1 aliphatic rings. The zero-order valence-corrected chi connectivity index (χ0v) is 13.1. The van der Waals surface area contributed by atoms with E-state index >= 15 is 0 Å². The first-order valence-corrected chi connectivity index (χ1v) is 7.70. The second-order valence-corrected chi connectivity index (χ2v) is 7.96. The predicted octanol–water partition coefficient (Wildman–Crippen LogP) is 3.48. The highest BCUT2D eigenvalue weighted by Gasteiger charge is 2.29. The van der Waals surface area contributed by atoms with Crippen LogP contribution in [0.4, 0.5) is 0 Å². The van der Waals surface area contributed by atoms with Gasteiger partial charge < -0.3 is 9.29 Å². The smallest absolute Gasteiger partial charge is 0.144 e. The van der Waals surface area contributed by atoms with Gasteiger partial charge in [-0.25, -0.2) is 0 Å². The van der Waals surface area contributed by atoms with Gasteiger partial charge in [0, 0.05) is 16.5 Å². The molecule has 18 heavy (non-hydrogen) atoms. The summed E-state index contributed by atoms with van der Waals surface area (Å²) in [5.41, 5.74) is 1.80. The van der Waals surface area contributed by atoms with Crippen LogP contribution in [-0.2, 0) is 11.4 Å². The summed E-state index contributed by atoms with van der Waals surface area (Å²) in [4.78, 5) is 0. The number of fused-ring (bicyclic) bond motifs is 1. The lowest BCUT2D eigenvalue weighted by molar-refractivity contribution is 0.320. The van der Waals surface area contributed by atoms with Gasteiger partial charge in [-0.05, 0) is 39.0 Å². The third-order valence-electron chi connectivity index (χ3n) is 2.57. The van der Waals surface area contributed by atoms with Gasteiger partial charge in [0.2, 0.25) is 0 Å². The number of hydrogen-bond acceptors (Lipinski definition) is 3. The largest absolute Gasteiger partial charge is 0.591 e. The van der Waals surface area contributed by atoms with E-state index in [1.54, 1.807) is 0 Å². The lowest BCUT2D eigenvalue weighted by atomic mass is 10.0. The number of ether oxygens (including phenoxy) is 1.